The van der Waals surface area contributed by atoms with Crippen LogP contribution in [0.2, 0.25) is 0 Å². The molecule has 0 radical (unpaired) electrons. The van der Waals surface area contributed by atoms with E-state index in [4.69, 9.17) is 15.9 Å². The number of aromatic nitrogens is 2. The van der Waals surface area contributed by atoms with Gasteiger partial charge >= 0.3 is 0 Å². The zero-order valence-electron chi connectivity index (χ0n) is 16.9. The number of amides is 1. The first-order valence-electron chi connectivity index (χ1n) is 9.90. The minimum atomic E-state index is -0.157. The van der Waals surface area contributed by atoms with Crippen molar-refractivity contribution in [1.82, 2.24) is 15.3 Å². The second kappa shape index (κ2) is 7.98. The third-order valence-electron chi connectivity index (χ3n) is 4.71. The van der Waals surface area contributed by atoms with Gasteiger partial charge in [-0.15, -0.1) is 0 Å². The third kappa shape index (κ3) is 4.32. The molecule has 1 saturated carbocycles. The van der Waals surface area contributed by atoms with E-state index in [2.05, 4.69) is 20.3 Å². The predicted octanol–water partition coefficient (Wildman–Crippen LogP) is 3.19. The molecule has 0 bridgehead atoms. The summed E-state index contributed by atoms with van der Waals surface area (Å²) in [6, 6.07) is 11.1. The lowest BCUT2D eigenvalue weighted by Crippen LogP contribution is -2.26. The summed E-state index contributed by atoms with van der Waals surface area (Å²) in [5.74, 6) is -0.244. The normalized spacial score (nSPS) is 14.2. The number of rotatable bonds is 5. The predicted molar refractivity (Wildman–Crippen MR) is 117 cm³/mol. The molecule has 2 aromatic heterocycles. The van der Waals surface area contributed by atoms with Crippen LogP contribution >= 0.6 is 0 Å². The summed E-state index contributed by atoms with van der Waals surface area (Å²) in [7, 11) is 0. The number of aliphatic imine (C=N–C) groups is 1. The summed E-state index contributed by atoms with van der Waals surface area (Å²) in [6.45, 7) is 3.76. The van der Waals surface area contributed by atoms with Crippen LogP contribution in [-0.2, 0) is 4.74 Å². The Balaban J connectivity index is 1.63. The van der Waals surface area contributed by atoms with Crippen LogP contribution < -0.4 is 11.1 Å². The van der Waals surface area contributed by atoms with Crippen molar-refractivity contribution < 1.29 is 9.53 Å². The van der Waals surface area contributed by atoms with Crippen molar-refractivity contribution in [2.75, 3.05) is 0 Å². The van der Waals surface area contributed by atoms with Crippen LogP contribution in [0.3, 0.4) is 0 Å². The number of carbonyl (C=O) groups is 1. The minimum absolute atomic E-state index is 0.0213. The van der Waals surface area contributed by atoms with Gasteiger partial charge in [0.25, 0.3) is 11.9 Å². The number of fused-ring (bicyclic) bond motifs is 1. The maximum absolute atomic E-state index is 12.4. The highest BCUT2D eigenvalue weighted by Gasteiger charge is 2.24. The molecule has 8 heteroatoms. The molecule has 0 aliphatic heterocycles. The summed E-state index contributed by atoms with van der Waals surface area (Å²) >= 11 is 0. The number of nitrogens with one attached hydrogen (secondary N) is 3. The number of H-pyrrole nitrogens is 1. The Morgan fingerprint density at radius 1 is 1.33 bits per heavy atom. The summed E-state index contributed by atoms with van der Waals surface area (Å²) in [4.78, 5) is 24.2. The number of aromatic amines is 1. The SMILES string of the molecule is CC(C)N=C(N)OC(=N)c1ccc2[nH]cc(-c3cccc(C(=O)NC4CC4)n3)c2c1. The molecular formula is C22H24N6O2. The summed E-state index contributed by atoms with van der Waals surface area (Å²) in [6.07, 6.45) is 3.90. The molecule has 1 aliphatic rings. The lowest BCUT2D eigenvalue weighted by molar-refractivity contribution is 0.0946. The molecule has 0 saturated heterocycles. The Morgan fingerprint density at radius 3 is 2.87 bits per heavy atom. The van der Waals surface area contributed by atoms with E-state index in [1.54, 1.807) is 12.1 Å². The van der Waals surface area contributed by atoms with Gasteiger partial charge in [0.1, 0.15) is 5.69 Å². The first-order valence-corrected chi connectivity index (χ1v) is 9.90. The molecular weight excluding hydrogens is 380 g/mol. The second-order valence-electron chi connectivity index (χ2n) is 7.61. The van der Waals surface area contributed by atoms with Crippen LogP contribution in [0.15, 0.2) is 47.6 Å². The average molecular weight is 404 g/mol. The van der Waals surface area contributed by atoms with Gasteiger partial charge in [-0.2, -0.15) is 0 Å². The van der Waals surface area contributed by atoms with Crippen LogP contribution in [-0.4, -0.2) is 39.9 Å². The summed E-state index contributed by atoms with van der Waals surface area (Å²) in [5, 5.41) is 12.0. The van der Waals surface area contributed by atoms with E-state index in [9.17, 15) is 4.79 Å². The van der Waals surface area contributed by atoms with E-state index < -0.39 is 0 Å². The van der Waals surface area contributed by atoms with Crippen LogP contribution in [0.25, 0.3) is 22.2 Å². The number of ether oxygens (including phenoxy) is 1. The van der Waals surface area contributed by atoms with Crippen molar-refractivity contribution >= 4 is 28.7 Å². The molecule has 8 nitrogen and oxygen atoms in total. The van der Waals surface area contributed by atoms with E-state index in [1.807, 2.05) is 44.3 Å². The largest absolute Gasteiger partial charge is 0.407 e. The topological polar surface area (TPSA) is 129 Å². The first-order chi connectivity index (χ1) is 14.4. The first kappa shape index (κ1) is 19.6. The molecule has 1 amide bonds. The zero-order chi connectivity index (χ0) is 21.3. The van der Waals surface area contributed by atoms with E-state index in [0.717, 1.165) is 29.3 Å². The number of nitrogens with two attached hydrogens (primary N) is 1. The van der Waals surface area contributed by atoms with Gasteiger partial charge in [0.2, 0.25) is 5.90 Å². The fraction of sp³-hybridized carbons (Fsp3) is 0.273. The maximum atomic E-state index is 12.4. The van der Waals surface area contributed by atoms with Gasteiger partial charge in [0.15, 0.2) is 0 Å². The van der Waals surface area contributed by atoms with Crippen molar-refractivity contribution in [2.24, 2.45) is 10.7 Å². The quantitative estimate of drug-likeness (QED) is 0.384. The molecule has 0 spiro atoms. The Bertz CT molecular complexity index is 1140. The number of benzene rings is 1. The van der Waals surface area contributed by atoms with Crippen molar-refractivity contribution in [3.63, 3.8) is 0 Å². The van der Waals surface area contributed by atoms with Crippen LogP contribution in [0.1, 0.15) is 42.7 Å². The van der Waals surface area contributed by atoms with Crippen molar-refractivity contribution in [2.45, 2.75) is 38.8 Å². The van der Waals surface area contributed by atoms with E-state index in [-0.39, 0.29) is 29.9 Å². The Labute approximate surface area is 174 Å². The molecule has 0 unspecified atom stereocenters. The molecule has 1 aromatic carbocycles. The number of hydrogen-bond acceptors (Lipinski definition) is 5. The number of amidine groups is 1. The molecule has 1 fully saturated rings. The van der Waals surface area contributed by atoms with Crippen LogP contribution in [0.5, 0.6) is 0 Å². The fourth-order valence-electron chi connectivity index (χ4n) is 3.12. The van der Waals surface area contributed by atoms with Crippen LogP contribution in [0, 0.1) is 5.41 Å². The van der Waals surface area contributed by atoms with Gasteiger partial charge in [-0.05, 0) is 57.0 Å². The van der Waals surface area contributed by atoms with E-state index in [1.165, 1.54) is 0 Å². The van der Waals surface area contributed by atoms with Crippen molar-refractivity contribution in [3.05, 3.63) is 53.9 Å². The molecule has 1 aliphatic carbocycles. The lowest BCUT2D eigenvalue weighted by atomic mass is 10.1. The van der Waals surface area contributed by atoms with Gasteiger partial charge in [-0.3, -0.25) is 10.2 Å². The van der Waals surface area contributed by atoms with Gasteiger partial charge in [-0.1, -0.05) is 6.07 Å². The lowest BCUT2D eigenvalue weighted by Gasteiger charge is -2.08. The molecule has 2 heterocycles. The molecule has 3 aromatic rings. The minimum Gasteiger partial charge on any atom is -0.407 e. The van der Waals surface area contributed by atoms with E-state index >= 15 is 0 Å². The van der Waals surface area contributed by atoms with Gasteiger partial charge < -0.3 is 20.8 Å². The zero-order valence-corrected chi connectivity index (χ0v) is 16.9. The Kier molecular flexibility index (Phi) is 5.22. The van der Waals surface area contributed by atoms with Gasteiger partial charge in [0.05, 0.1) is 5.69 Å². The standard InChI is InChI=1S/C22H24N6O2/c1-12(2)26-22(24)30-20(23)13-6-9-17-15(10-13)16(11-25-17)18-4-3-5-19(28-18)21(29)27-14-7-8-14/h3-6,9-12,14,23,25H,7-8H2,1-2H3,(H2,24,26)(H,27,29). The van der Waals surface area contributed by atoms with Crippen molar-refractivity contribution in [1.29, 1.82) is 5.41 Å². The number of pyridine rings is 1. The highest BCUT2D eigenvalue weighted by Crippen LogP contribution is 2.29. The maximum Gasteiger partial charge on any atom is 0.289 e. The Hall–Kier alpha value is -3.68. The number of nitrogens with zero attached hydrogens (tertiary/aromatic N) is 2. The summed E-state index contributed by atoms with van der Waals surface area (Å²) < 4.78 is 5.34. The molecule has 154 valence electrons. The monoisotopic (exact) mass is 404 g/mol. The third-order valence-corrected chi connectivity index (χ3v) is 4.71. The van der Waals surface area contributed by atoms with Crippen molar-refractivity contribution in [3.8, 4) is 11.3 Å². The van der Waals surface area contributed by atoms with Gasteiger partial charge in [0, 0.05) is 40.3 Å². The highest BCUT2D eigenvalue weighted by atomic mass is 16.5. The molecule has 0 atom stereocenters. The Morgan fingerprint density at radius 2 is 2.13 bits per heavy atom. The second-order valence-corrected chi connectivity index (χ2v) is 7.61. The number of carbonyl (C=O) groups excluding carboxylic acids is 1. The highest BCUT2D eigenvalue weighted by molar-refractivity contribution is 6.04. The number of hydrogen-bond donors (Lipinski definition) is 4. The van der Waals surface area contributed by atoms with Gasteiger partial charge in [-0.25, -0.2) is 9.98 Å². The van der Waals surface area contributed by atoms with Crippen LogP contribution in [0.4, 0.5) is 0 Å². The summed E-state index contributed by atoms with van der Waals surface area (Å²) in [5.41, 5.74) is 9.10. The molecule has 5 N–H and O–H groups in total. The average Bonchev–Trinajstić information content (AvgIpc) is 3.42. The molecule has 4 rings (SSSR count). The fourth-order valence-corrected chi connectivity index (χ4v) is 3.12. The smallest absolute Gasteiger partial charge is 0.289 e. The van der Waals surface area contributed by atoms with E-state index in [0.29, 0.717) is 17.0 Å². The molecule has 30 heavy (non-hydrogen) atoms.